The normalized spacial score (nSPS) is 12.8. The van der Waals surface area contributed by atoms with Gasteiger partial charge in [0.05, 0.1) is 0 Å². The highest BCUT2D eigenvalue weighted by molar-refractivity contribution is 6.30. The number of hydrogen-bond donors (Lipinski definition) is 3. The lowest BCUT2D eigenvalue weighted by Crippen LogP contribution is -2.52. The molecule has 0 fully saturated rings. The van der Waals surface area contributed by atoms with Crippen LogP contribution in [0, 0.1) is 5.92 Å². The van der Waals surface area contributed by atoms with Crippen molar-refractivity contribution in [1.29, 1.82) is 0 Å². The zero-order chi connectivity index (χ0) is 17.6. The Bertz CT molecular complexity index is 536. The van der Waals surface area contributed by atoms with E-state index < -0.39 is 11.6 Å². The second kappa shape index (κ2) is 8.31. The first kappa shape index (κ1) is 19.5. The Hall–Kier alpha value is -1.59. The van der Waals surface area contributed by atoms with Crippen LogP contribution in [0.4, 0.5) is 0 Å². The minimum Gasteiger partial charge on any atom is -0.352 e. The lowest BCUT2D eigenvalue weighted by molar-refractivity contribution is -0.123. The van der Waals surface area contributed by atoms with E-state index in [0.717, 1.165) is 0 Å². The van der Waals surface area contributed by atoms with Crippen LogP contribution < -0.4 is 16.4 Å². The average molecular weight is 340 g/mol. The highest BCUT2D eigenvalue weighted by atomic mass is 35.5. The maximum Gasteiger partial charge on any atom is 0.251 e. The molecule has 1 rings (SSSR count). The molecule has 0 saturated carbocycles. The Morgan fingerprint density at radius 1 is 1.22 bits per heavy atom. The van der Waals surface area contributed by atoms with Crippen LogP contribution in [0.5, 0.6) is 0 Å². The van der Waals surface area contributed by atoms with E-state index in [1.54, 1.807) is 24.3 Å². The number of amides is 2. The third kappa shape index (κ3) is 7.48. The predicted octanol–water partition coefficient (Wildman–Crippen LogP) is 2.34. The highest BCUT2D eigenvalue weighted by Gasteiger charge is 2.23. The minimum absolute atomic E-state index is 0.223. The lowest BCUT2D eigenvalue weighted by atomic mass is 10.0. The zero-order valence-electron chi connectivity index (χ0n) is 14.2. The number of carbonyl (C=O) groups excluding carboxylic acids is 2. The average Bonchev–Trinajstić information content (AvgIpc) is 2.43. The Morgan fingerprint density at radius 3 is 2.26 bits per heavy atom. The molecule has 2 amide bonds. The topological polar surface area (TPSA) is 84.2 Å². The molecular formula is C17H26ClN3O2. The summed E-state index contributed by atoms with van der Waals surface area (Å²) in [5, 5.41) is 6.14. The standard InChI is InChI=1S/C17H26ClN3O2/c1-11(2)9-14(16(23)20-10-17(3,4)19)21-15(22)12-5-7-13(18)8-6-12/h5-8,11,14H,9-10,19H2,1-4H3,(H,20,23)(H,21,22). The van der Waals surface area contributed by atoms with Crippen molar-refractivity contribution in [2.24, 2.45) is 11.7 Å². The molecule has 0 heterocycles. The van der Waals surface area contributed by atoms with E-state index in [0.29, 0.717) is 23.6 Å². The number of nitrogens with two attached hydrogens (primary N) is 1. The third-order valence-corrected chi connectivity index (χ3v) is 3.41. The zero-order valence-corrected chi connectivity index (χ0v) is 14.9. The molecule has 1 aromatic rings. The summed E-state index contributed by atoms with van der Waals surface area (Å²) in [5.74, 6) is -0.254. The van der Waals surface area contributed by atoms with Crippen LogP contribution in [0.1, 0.15) is 44.5 Å². The summed E-state index contributed by atoms with van der Waals surface area (Å²) in [6.45, 7) is 8.01. The van der Waals surface area contributed by atoms with E-state index >= 15 is 0 Å². The summed E-state index contributed by atoms with van der Waals surface area (Å²) in [6, 6.07) is 5.95. The molecule has 0 aliphatic rings. The summed E-state index contributed by atoms with van der Waals surface area (Å²) in [7, 11) is 0. The van der Waals surface area contributed by atoms with E-state index in [2.05, 4.69) is 10.6 Å². The van der Waals surface area contributed by atoms with Crippen molar-refractivity contribution in [3.05, 3.63) is 34.9 Å². The van der Waals surface area contributed by atoms with Crippen molar-refractivity contribution in [2.75, 3.05) is 6.54 Å². The summed E-state index contributed by atoms with van der Waals surface area (Å²) < 4.78 is 0. The molecule has 5 nitrogen and oxygen atoms in total. The predicted molar refractivity (Wildman–Crippen MR) is 93.4 cm³/mol. The maximum atomic E-state index is 12.3. The van der Waals surface area contributed by atoms with Crippen LogP contribution in [-0.4, -0.2) is 29.9 Å². The molecule has 4 N–H and O–H groups in total. The molecule has 0 aliphatic carbocycles. The summed E-state index contributed by atoms with van der Waals surface area (Å²) in [5.41, 5.74) is 5.84. The summed E-state index contributed by atoms with van der Waals surface area (Å²) >= 11 is 5.82. The number of nitrogens with one attached hydrogen (secondary N) is 2. The largest absolute Gasteiger partial charge is 0.352 e. The first-order chi connectivity index (χ1) is 10.6. The van der Waals surface area contributed by atoms with Crippen LogP contribution in [0.2, 0.25) is 5.02 Å². The van der Waals surface area contributed by atoms with Crippen molar-refractivity contribution in [3.63, 3.8) is 0 Å². The molecule has 0 aliphatic heterocycles. The first-order valence-corrected chi connectivity index (χ1v) is 8.09. The molecular weight excluding hydrogens is 314 g/mol. The fourth-order valence-electron chi connectivity index (χ4n) is 1.98. The van der Waals surface area contributed by atoms with E-state index in [4.69, 9.17) is 17.3 Å². The van der Waals surface area contributed by atoms with E-state index in [-0.39, 0.29) is 17.7 Å². The monoisotopic (exact) mass is 339 g/mol. The van der Waals surface area contributed by atoms with Gasteiger partial charge in [-0.25, -0.2) is 0 Å². The van der Waals surface area contributed by atoms with Gasteiger partial charge in [-0.3, -0.25) is 9.59 Å². The van der Waals surface area contributed by atoms with Gasteiger partial charge in [0.15, 0.2) is 0 Å². The van der Waals surface area contributed by atoms with E-state index in [1.807, 2.05) is 27.7 Å². The summed E-state index contributed by atoms with van der Waals surface area (Å²) in [6.07, 6.45) is 0.552. The maximum absolute atomic E-state index is 12.3. The fourth-order valence-corrected chi connectivity index (χ4v) is 2.11. The van der Waals surface area contributed by atoms with E-state index in [9.17, 15) is 9.59 Å². The van der Waals surface area contributed by atoms with Gasteiger partial charge in [-0.2, -0.15) is 0 Å². The number of benzene rings is 1. The van der Waals surface area contributed by atoms with Gasteiger partial charge in [-0.15, -0.1) is 0 Å². The quantitative estimate of drug-likeness (QED) is 0.712. The molecule has 1 aromatic carbocycles. The van der Waals surface area contributed by atoms with Crippen LogP contribution in [0.25, 0.3) is 0 Å². The molecule has 1 unspecified atom stereocenters. The van der Waals surface area contributed by atoms with E-state index in [1.165, 1.54) is 0 Å². The number of rotatable bonds is 7. The molecule has 0 radical (unpaired) electrons. The number of hydrogen-bond acceptors (Lipinski definition) is 3. The molecule has 0 bridgehead atoms. The number of halogens is 1. The van der Waals surface area contributed by atoms with Gasteiger partial charge < -0.3 is 16.4 Å². The van der Waals surface area contributed by atoms with Crippen molar-refractivity contribution in [2.45, 2.75) is 45.7 Å². The number of carbonyl (C=O) groups is 2. The Labute approximate surface area is 143 Å². The highest BCUT2D eigenvalue weighted by Crippen LogP contribution is 2.11. The minimum atomic E-state index is -0.597. The van der Waals surface area contributed by atoms with Gasteiger partial charge in [0.25, 0.3) is 5.91 Å². The molecule has 0 saturated heterocycles. The van der Waals surface area contributed by atoms with Crippen molar-refractivity contribution >= 4 is 23.4 Å². The van der Waals surface area contributed by atoms with Crippen LogP contribution in [0.3, 0.4) is 0 Å². The second-order valence-electron chi connectivity index (χ2n) is 6.87. The Morgan fingerprint density at radius 2 is 1.78 bits per heavy atom. The summed E-state index contributed by atoms with van der Waals surface area (Å²) in [4.78, 5) is 24.6. The Kier molecular flexibility index (Phi) is 7.03. The Balaban J connectivity index is 2.75. The molecule has 1 atom stereocenters. The van der Waals surface area contributed by atoms with Crippen LogP contribution in [0.15, 0.2) is 24.3 Å². The van der Waals surface area contributed by atoms with Crippen LogP contribution in [-0.2, 0) is 4.79 Å². The van der Waals surface area contributed by atoms with Gasteiger partial charge >= 0.3 is 0 Å². The lowest BCUT2D eigenvalue weighted by Gasteiger charge is -2.24. The van der Waals surface area contributed by atoms with Gasteiger partial charge in [0.2, 0.25) is 5.91 Å². The molecule has 0 spiro atoms. The van der Waals surface area contributed by atoms with Gasteiger partial charge in [0, 0.05) is 22.7 Å². The van der Waals surface area contributed by atoms with Gasteiger partial charge in [-0.05, 0) is 50.5 Å². The second-order valence-corrected chi connectivity index (χ2v) is 7.31. The van der Waals surface area contributed by atoms with Crippen molar-refractivity contribution < 1.29 is 9.59 Å². The smallest absolute Gasteiger partial charge is 0.251 e. The van der Waals surface area contributed by atoms with Gasteiger partial charge in [0.1, 0.15) is 6.04 Å². The van der Waals surface area contributed by atoms with Crippen LogP contribution >= 0.6 is 11.6 Å². The van der Waals surface area contributed by atoms with Gasteiger partial charge in [-0.1, -0.05) is 25.4 Å². The SMILES string of the molecule is CC(C)CC(NC(=O)c1ccc(Cl)cc1)C(=O)NCC(C)(C)N. The first-order valence-electron chi connectivity index (χ1n) is 7.71. The molecule has 23 heavy (non-hydrogen) atoms. The fraction of sp³-hybridized carbons (Fsp3) is 0.529. The molecule has 128 valence electrons. The molecule has 6 heteroatoms. The van der Waals surface area contributed by atoms with Crippen molar-refractivity contribution in [3.8, 4) is 0 Å². The third-order valence-electron chi connectivity index (χ3n) is 3.15. The molecule has 0 aromatic heterocycles. The van der Waals surface area contributed by atoms with Crippen molar-refractivity contribution in [1.82, 2.24) is 10.6 Å².